The van der Waals surface area contributed by atoms with E-state index in [1.54, 1.807) is 6.20 Å². The first-order valence-corrected chi connectivity index (χ1v) is 11.1. The van der Waals surface area contributed by atoms with Crippen molar-refractivity contribution in [3.8, 4) is 5.82 Å². The number of aryl methyl sites for hydroxylation is 1. The Hall–Kier alpha value is -2.14. The van der Waals surface area contributed by atoms with Gasteiger partial charge in [0, 0.05) is 37.2 Å². The number of aromatic nitrogens is 2. The summed E-state index contributed by atoms with van der Waals surface area (Å²) in [6, 6.07) is 7.92. The molecule has 156 valence electrons. The van der Waals surface area contributed by atoms with Crippen LogP contribution in [0.2, 0.25) is 0 Å². The van der Waals surface area contributed by atoms with E-state index in [2.05, 4.69) is 33.2 Å². The van der Waals surface area contributed by atoms with Crippen LogP contribution < -0.4 is 0 Å². The lowest BCUT2D eigenvalue weighted by atomic mass is 9.94. The highest BCUT2D eigenvalue weighted by molar-refractivity contribution is 5.96. The highest BCUT2D eigenvalue weighted by atomic mass is 16.2. The van der Waals surface area contributed by atoms with E-state index in [0.29, 0.717) is 5.92 Å². The van der Waals surface area contributed by atoms with Gasteiger partial charge in [0.15, 0.2) is 0 Å². The number of piperidine rings is 2. The molecular weight excluding hydrogens is 360 g/mol. The number of likely N-dealkylation sites (tertiary alicyclic amines) is 2. The molecule has 0 N–H and O–H groups in total. The van der Waals surface area contributed by atoms with Crippen LogP contribution in [-0.2, 0) is 0 Å². The van der Waals surface area contributed by atoms with Crippen LogP contribution in [0.15, 0.2) is 30.5 Å². The summed E-state index contributed by atoms with van der Waals surface area (Å²) in [4.78, 5) is 22.6. The van der Waals surface area contributed by atoms with Gasteiger partial charge < -0.3 is 14.4 Å². The standard InChI is InChI=1S/C24H34N4O/c1-18-9-13-26(14-10-18)16-21-7-6-12-27(17-21)24(29)22-15-19(2)28(20(22)3)23-8-4-5-11-25-23/h4-5,8,11,15,18,21H,6-7,9-10,12-14,16-17H2,1-3H3. The molecule has 1 unspecified atom stereocenters. The first-order valence-electron chi connectivity index (χ1n) is 11.1. The molecule has 2 aromatic heterocycles. The maximum absolute atomic E-state index is 13.4. The summed E-state index contributed by atoms with van der Waals surface area (Å²) in [5.41, 5.74) is 2.86. The number of carbonyl (C=O) groups is 1. The van der Waals surface area contributed by atoms with Crippen LogP contribution in [0.25, 0.3) is 5.82 Å². The molecular formula is C24H34N4O. The van der Waals surface area contributed by atoms with E-state index in [9.17, 15) is 4.79 Å². The van der Waals surface area contributed by atoms with Crippen LogP contribution in [-0.4, -0.2) is 58.0 Å². The average molecular weight is 395 g/mol. The van der Waals surface area contributed by atoms with E-state index in [4.69, 9.17) is 0 Å². The highest BCUT2D eigenvalue weighted by Gasteiger charge is 2.29. The number of carbonyl (C=O) groups excluding carboxylic acids is 1. The normalized spacial score (nSPS) is 21.5. The summed E-state index contributed by atoms with van der Waals surface area (Å²) in [5.74, 6) is 2.51. The summed E-state index contributed by atoms with van der Waals surface area (Å²) < 4.78 is 2.09. The van der Waals surface area contributed by atoms with Gasteiger partial charge in [-0.3, -0.25) is 4.79 Å². The first kappa shape index (κ1) is 20.1. The molecule has 2 saturated heterocycles. The van der Waals surface area contributed by atoms with E-state index >= 15 is 0 Å². The Morgan fingerprint density at radius 3 is 2.66 bits per heavy atom. The number of nitrogens with zero attached hydrogens (tertiary/aromatic N) is 4. The van der Waals surface area contributed by atoms with Gasteiger partial charge in [-0.2, -0.15) is 0 Å². The van der Waals surface area contributed by atoms with Gasteiger partial charge in [-0.15, -0.1) is 0 Å². The fourth-order valence-corrected chi connectivity index (χ4v) is 5.00. The molecule has 0 radical (unpaired) electrons. The van der Waals surface area contributed by atoms with Gasteiger partial charge in [0.2, 0.25) is 0 Å². The second kappa shape index (κ2) is 8.70. The molecule has 4 heterocycles. The fourth-order valence-electron chi connectivity index (χ4n) is 5.00. The minimum atomic E-state index is 0.178. The maximum Gasteiger partial charge on any atom is 0.255 e. The lowest BCUT2D eigenvalue weighted by molar-refractivity contribution is 0.0621. The second-order valence-electron chi connectivity index (χ2n) is 9.05. The molecule has 0 aromatic carbocycles. The quantitative estimate of drug-likeness (QED) is 0.785. The molecule has 2 aromatic rings. The largest absolute Gasteiger partial charge is 0.338 e. The van der Waals surface area contributed by atoms with Gasteiger partial charge in [-0.1, -0.05) is 13.0 Å². The zero-order chi connectivity index (χ0) is 20.4. The molecule has 2 aliphatic rings. The SMILES string of the molecule is Cc1cc(C(=O)N2CCCC(CN3CCC(C)CC3)C2)c(C)n1-c1ccccn1. The van der Waals surface area contributed by atoms with Gasteiger partial charge in [0.1, 0.15) is 5.82 Å². The molecule has 1 atom stereocenters. The van der Waals surface area contributed by atoms with Gasteiger partial charge in [0.25, 0.3) is 5.91 Å². The summed E-state index contributed by atoms with van der Waals surface area (Å²) in [6.45, 7) is 11.8. The molecule has 29 heavy (non-hydrogen) atoms. The van der Waals surface area contributed by atoms with E-state index in [-0.39, 0.29) is 5.91 Å². The van der Waals surface area contributed by atoms with E-state index in [0.717, 1.165) is 54.7 Å². The Balaban J connectivity index is 1.45. The zero-order valence-corrected chi connectivity index (χ0v) is 18.1. The van der Waals surface area contributed by atoms with Crippen molar-refractivity contribution < 1.29 is 4.79 Å². The van der Waals surface area contributed by atoms with Crippen molar-refractivity contribution in [3.63, 3.8) is 0 Å². The minimum absolute atomic E-state index is 0.178. The van der Waals surface area contributed by atoms with Crippen molar-refractivity contribution in [1.29, 1.82) is 0 Å². The van der Waals surface area contributed by atoms with Gasteiger partial charge >= 0.3 is 0 Å². The zero-order valence-electron chi connectivity index (χ0n) is 18.1. The monoisotopic (exact) mass is 394 g/mol. The third-order valence-electron chi connectivity index (χ3n) is 6.74. The summed E-state index contributed by atoms with van der Waals surface area (Å²) >= 11 is 0. The summed E-state index contributed by atoms with van der Waals surface area (Å²) in [5, 5.41) is 0. The second-order valence-corrected chi connectivity index (χ2v) is 9.05. The molecule has 1 amide bonds. The molecule has 4 rings (SSSR count). The first-order chi connectivity index (χ1) is 14.0. The average Bonchev–Trinajstić information content (AvgIpc) is 3.04. The topological polar surface area (TPSA) is 41.4 Å². The van der Waals surface area contributed by atoms with Crippen LogP contribution in [0.1, 0.15) is 54.4 Å². The van der Waals surface area contributed by atoms with Crippen LogP contribution in [0.4, 0.5) is 0 Å². The Morgan fingerprint density at radius 2 is 1.93 bits per heavy atom. The molecule has 0 aliphatic carbocycles. The van der Waals surface area contributed by atoms with Crippen LogP contribution in [0.3, 0.4) is 0 Å². The molecule has 2 aliphatic heterocycles. The number of amides is 1. The van der Waals surface area contributed by atoms with Crippen molar-refractivity contribution in [3.05, 3.63) is 47.4 Å². The van der Waals surface area contributed by atoms with Crippen molar-refractivity contribution in [2.75, 3.05) is 32.7 Å². The van der Waals surface area contributed by atoms with Gasteiger partial charge in [0.05, 0.1) is 5.56 Å². The number of pyridine rings is 1. The molecule has 5 nitrogen and oxygen atoms in total. The number of rotatable bonds is 4. The molecule has 0 saturated carbocycles. The Kier molecular flexibility index (Phi) is 6.04. The lowest BCUT2D eigenvalue weighted by Crippen LogP contribution is -2.45. The van der Waals surface area contributed by atoms with Crippen LogP contribution in [0, 0.1) is 25.7 Å². The van der Waals surface area contributed by atoms with E-state index in [1.165, 1.54) is 32.4 Å². The Bertz CT molecular complexity index is 836. The van der Waals surface area contributed by atoms with Crippen molar-refractivity contribution in [1.82, 2.24) is 19.4 Å². The van der Waals surface area contributed by atoms with Crippen molar-refractivity contribution >= 4 is 5.91 Å². The van der Waals surface area contributed by atoms with Gasteiger partial charge in [-0.05, 0) is 82.7 Å². The summed E-state index contributed by atoms with van der Waals surface area (Å²) in [6.07, 6.45) is 6.78. The van der Waals surface area contributed by atoms with Crippen LogP contribution in [0.5, 0.6) is 0 Å². The van der Waals surface area contributed by atoms with Crippen LogP contribution >= 0.6 is 0 Å². The van der Waals surface area contributed by atoms with E-state index < -0.39 is 0 Å². The lowest BCUT2D eigenvalue weighted by Gasteiger charge is -2.37. The number of hydrogen-bond acceptors (Lipinski definition) is 3. The highest BCUT2D eigenvalue weighted by Crippen LogP contribution is 2.25. The summed E-state index contributed by atoms with van der Waals surface area (Å²) in [7, 11) is 0. The molecule has 5 heteroatoms. The number of hydrogen-bond donors (Lipinski definition) is 0. The predicted octanol–water partition coefficient (Wildman–Crippen LogP) is 4.07. The molecule has 0 spiro atoms. The Labute approximate surface area is 174 Å². The van der Waals surface area contributed by atoms with E-state index in [1.807, 2.05) is 31.2 Å². The molecule has 0 bridgehead atoms. The predicted molar refractivity (Wildman–Crippen MR) is 117 cm³/mol. The third kappa shape index (κ3) is 4.40. The van der Waals surface area contributed by atoms with Crippen molar-refractivity contribution in [2.24, 2.45) is 11.8 Å². The maximum atomic E-state index is 13.4. The Morgan fingerprint density at radius 1 is 1.14 bits per heavy atom. The fraction of sp³-hybridized carbons (Fsp3) is 0.583. The third-order valence-corrected chi connectivity index (χ3v) is 6.74. The smallest absolute Gasteiger partial charge is 0.255 e. The molecule has 2 fully saturated rings. The van der Waals surface area contributed by atoms with Crippen molar-refractivity contribution in [2.45, 2.75) is 46.5 Å². The minimum Gasteiger partial charge on any atom is -0.338 e. The van der Waals surface area contributed by atoms with Gasteiger partial charge in [-0.25, -0.2) is 4.98 Å².